The number of hydrogen-bond donors (Lipinski definition) is 1. The van der Waals surface area contributed by atoms with Crippen molar-refractivity contribution in [1.82, 2.24) is 14.9 Å². The minimum Gasteiger partial charge on any atom is -0.469 e. The Morgan fingerprint density at radius 2 is 2.33 bits per heavy atom. The predicted molar refractivity (Wildman–Crippen MR) is 63.0 cm³/mol. The molecule has 2 aromatic rings. The number of carbonyl (C=O) groups excluding carboxylic acids is 1. The Morgan fingerprint density at radius 3 is 3.00 bits per heavy atom. The predicted octanol–water partition coefficient (Wildman–Crippen LogP) is 1.29. The number of rotatable bonds is 4. The van der Waals surface area contributed by atoms with Gasteiger partial charge in [0.25, 0.3) is 0 Å². The third-order valence-electron chi connectivity index (χ3n) is 2.48. The highest BCUT2D eigenvalue weighted by molar-refractivity contribution is 5.69. The highest BCUT2D eigenvalue weighted by Crippen LogP contribution is 2.17. The number of esters is 1. The van der Waals surface area contributed by atoms with Gasteiger partial charge in [-0.2, -0.15) is 0 Å². The number of carbonyl (C=O) groups is 1. The third kappa shape index (κ3) is 2.65. The van der Waals surface area contributed by atoms with E-state index in [2.05, 4.69) is 14.8 Å². The van der Waals surface area contributed by atoms with E-state index in [0.29, 0.717) is 23.5 Å². The number of aryl methyl sites for hydroxylation is 1. The van der Waals surface area contributed by atoms with Crippen LogP contribution >= 0.6 is 0 Å². The van der Waals surface area contributed by atoms with Crippen molar-refractivity contribution in [3.05, 3.63) is 36.2 Å². The van der Waals surface area contributed by atoms with Crippen LogP contribution in [0.3, 0.4) is 0 Å². The van der Waals surface area contributed by atoms with Crippen molar-refractivity contribution in [2.75, 3.05) is 7.11 Å². The first-order valence-electron chi connectivity index (χ1n) is 5.47. The molecular weight excluding hydrogens is 234 g/mol. The van der Waals surface area contributed by atoms with Gasteiger partial charge in [0.2, 0.25) is 0 Å². The number of nitrogens with zero attached hydrogens (tertiary/aromatic N) is 3. The normalized spacial score (nSPS) is 10.3. The molecule has 0 bridgehead atoms. The van der Waals surface area contributed by atoms with Crippen LogP contribution in [0.4, 0.5) is 0 Å². The fraction of sp³-hybridized carbons (Fsp3) is 0.250. The zero-order valence-corrected chi connectivity index (χ0v) is 9.91. The molecule has 0 aromatic carbocycles. The lowest BCUT2D eigenvalue weighted by molar-refractivity contribution is -0.140. The van der Waals surface area contributed by atoms with Crippen LogP contribution in [0.2, 0.25) is 0 Å². The molecule has 0 unspecified atom stereocenters. The number of aromatic nitrogens is 3. The first-order chi connectivity index (χ1) is 8.70. The molecule has 94 valence electrons. The smallest absolute Gasteiger partial charge is 0.305 e. The lowest BCUT2D eigenvalue weighted by Gasteiger charge is -1.97. The highest BCUT2D eigenvalue weighted by Gasteiger charge is 2.11. The standard InChI is InChI=1S/C12H13N3O3/c1-18-12(16)6-5-9-8-11(15(17)14-9)10-4-2-3-7-13-10/h2-4,7-8,17H,5-6H2,1H3. The van der Waals surface area contributed by atoms with E-state index in [-0.39, 0.29) is 12.4 Å². The van der Waals surface area contributed by atoms with E-state index in [1.807, 2.05) is 6.07 Å². The topological polar surface area (TPSA) is 77.2 Å². The summed E-state index contributed by atoms with van der Waals surface area (Å²) in [5.74, 6) is -0.304. The summed E-state index contributed by atoms with van der Waals surface area (Å²) in [7, 11) is 1.34. The molecule has 0 atom stereocenters. The first kappa shape index (κ1) is 12.1. The number of methoxy groups -OCH3 is 1. The van der Waals surface area contributed by atoms with Crippen molar-refractivity contribution < 1.29 is 14.7 Å². The summed E-state index contributed by atoms with van der Waals surface area (Å²) in [4.78, 5) is 15.9. The van der Waals surface area contributed by atoms with Crippen LogP contribution < -0.4 is 0 Å². The molecule has 6 nitrogen and oxygen atoms in total. The quantitative estimate of drug-likeness (QED) is 0.650. The summed E-state index contributed by atoms with van der Waals surface area (Å²) in [5.41, 5.74) is 1.73. The zero-order valence-electron chi connectivity index (χ0n) is 9.91. The van der Waals surface area contributed by atoms with Crippen molar-refractivity contribution in [3.8, 4) is 11.4 Å². The SMILES string of the molecule is COC(=O)CCc1cc(-c2ccccn2)n(O)n1. The van der Waals surface area contributed by atoms with Crippen LogP contribution in [0, 0.1) is 0 Å². The summed E-state index contributed by atoms with van der Waals surface area (Å²) in [6.07, 6.45) is 2.28. The Morgan fingerprint density at radius 1 is 1.50 bits per heavy atom. The summed E-state index contributed by atoms with van der Waals surface area (Å²) in [5, 5.41) is 13.6. The van der Waals surface area contributed by atoms with Crippen molar-refractivity contribution in [3.63, 3.8) is 0 Å². The van der Waals surface area contributed by atoms with Gasteiger partial charge in [-0.05, 0) is 18.2 Å². The Bertz CT molecular complexity index is 537. The fourth-order valence-electron chi connectivity index (χ4n) is 1.56. The maximum absolute atomic E-state index is 11.0. The Labute approximate surface area is 104 Å². The molecule has 0 fully saturated rings. The zero-order chi connectivity index (χ0) is 13.0. The van der Waals surface area contributed by atoms with E-state index in [1.54, 1.807) is 24.4 Å². The van der Waals surface area contributed by atoms with Gasteiger partial charge in [0.05, 0.1) is 24.9 Å². The third-order valence-corrected chi connectivity index (χ3v) is 2.48. The maximum Gasteiger partial charge on any atom is 0.305 e. The van der Waals surface area contributed by atoms with E-state index in [0.717, 1.165) is 4.85 Å². The first-order valence-corrected chi connectivity index (χ1v) is 5.47. The summed E-state index contributed by atoms with van der Waals surface area (Å²) < 4.78 is 4.55. The van der Waals surface area contributed by atoms with Gasteiger partial charge >= 0.3 is 5.97 Å². The van der Waals surface area contributed by atoms with E-state index < -0.39 is 0 Å². The van der Waals surface area contributed by atoms with Gasteiger partial charge in [-0.3, -0.25) is 9.78 Å². The van der Waals surface area contributed by atoms with Crippen molar-refractivity contribution in [1.29, 1.82) is 0 Å². The minimum absolute atomic E-state index is 0.231. The van der Waals surface area contributed by atoms with Crippen LogP contribution in [0.15, 0.2) is 30.5 Å². The number of ether oxygens (including phenoxy) is 1. The summed E-state index contributed by atoms with van der Waals surface area (Å²) in [6.45, 7) is 0. The minimum atomic E-state index is -0.304. The average Bonchev–Trinajstić information content (AvgIpc) is 2.78. The molecule has 0 aliphatic heterocycles. The Hall–Kier alpha value is -2.37. The molecule has 6 heteroatoms. The van der Waals surface area contributed by atoms with Gasteiger partial charge in [0, 0.05) is 12.6 Å². The summed E-state index contributed by atoms with van der Waals surface area (Å²) >= 11 is 0. The molecule has 0 radical (unpaired) electrons. The molecule has 0 aliphatic carbocycles. The Balaban J connectivity index is 2.15. The highest BCUT2D eigenvalue weighted by atomic mass is 16.5. The van der Waals surface area contributed by atoms with E-state index >= 15 is 0 Å². The molecule has 0 amide bonds. The van der Waals surface area contributed by atoms with Crippen LogP contribution in [0.1, 0.15) is 12.1 Å². The lowest BCUT2D eigenvalue weighted by atomic mass is 10.2. The average molecular weight is 247 g/mol. The molecular formula is C12H13N3O3. The Kier molecular flexibility index (Phi) is 3.57. The molecule has 0 saturated heterocycles. The molecule has 0 aliphatic rings. The van der Waals surface area contributed by atoms with E-state index in [9.17, 15) is 10.0 Å². The van der Waals surface area contributed by atoms with Gasteiger partial charge in [-0.15, -0.1) is 5.10 Å². The molecule has 0 saturated carbocycles. The number of hydrogen-bond acceptors (Lipinski definition) is 5. The van der Waals surface area contributed by atoms with Crippen molar-refractivity contribution >= 4 is 5.97 Å². The molecule has 1 N–H and O–H groups in total. The molecule has 2 aromatic heterocycles. The number of pyridine rings is 1. The van der Waals surface area contributed by atoms with Gasteiger partial charge < -0.3 is 9.94 Å². The van der Waals surface area contributed by atoms with Crippen LogP contribution in [0.25, 0.3) is 11.4 Å². The lowest BCUT2D eigenvalue weighted by Crippen LogP contribution is -2.02. The molecule has 0 spiro atoms. The molecule has 2 rings (SSSR count). The fourth-order valence-corrected chi connectivity index (χ4v) is 1.56. The van der Waals surface area contributed by atoms with E-state index in [1.165, 1.54) is 7.11 Å². The van der Waals surface area contributed by atoms with Gasteiger partial charge in [-0.1, -0.05) is 10.9 Å². The van der Waals surface area contributed by atoms with Crippen LogP contribution in [-0.4, -0.2) is 33.2 Å². The van der Waals surface area contributed by atoms with Crippen molar-refractivity contribution in [2.45, 2.75) is 12.8 Å². The van der Waals surface area contributed by atoms with Gasteiger partial charge in [0.1, 0.15) is 5.69 Å². The van der Waals surface area contributed by atoms with Crippen molar-refractivity contribution in [2.24, 2.45) is 0 Å². The molecule has 2 heterocycles. The maximum atomic E-state index is 11.0. The monoisotopic (exact) mass is 247 g/mol. The second kappa shape index (κ2) is 5.31. The van der Waals surface area contributed by atoms with Crippen LogP contribution in [0.5, 0.6) is 0 Å². The van der Waals surface area contributed by atoms with Gasteiger partial charge in [0.15, 0.2) is 0 Å². The largest absolute Gasteiger partial charge is 0.469 e. The second-order valence-corrected chi connectivity index (χ2v) is 3.70. The van der Waals surface area contributed by atoms with Gasteiger partial charge in [-0.25, -0.2) is 0 Å². The van der Waals surface area contributed by atoms with Crippen LogP contribution in [-0.2, 0) is 16.0 Å². The molecule has 18 heavy (non-hydrogen) atoms. The van der Waals surface area contributed by atoms with E-state index in [4.69, 9.17) is 0 Å². The second-order valence-electron chi connectivity index (χ2n) is 3.70. The summed E-state index contributed by atoms with van der Waals surface area (Å²) in [6, 6.07) is 7.09.